The highest BCUT2D eigenvalue weighted by Crippen LogP contribution is 2.32. The Morgan fingerprint density at radius 2 is 1.62 bits per heavy atom. The largest absolute Gasteiger partial charge is 0.493 e. The molecule has 0 bridgehead atoms. The van der Waals surface area contributed by atoms with Crippen molar-refractivity contribution >= 4 is 5.57 Å². The van der Waals surface area contributed by atoms with Crippen molar-refractivity contribution in [1.82, 2.24) is 14.8 Å². The number of nitrogens with zero attached hydrogens (tertiary/aromatic N) is 3. The topological polar surface area (TPSA) is 50.9 Å². The van der Waals surface area contributed by atoms with Crippen LogP contribution in [0.4, 0.5) is 0 Å². The lowest BCUT2D eigenvalue weighted by Gasteiger charge is -2.10. The molecule has 0 spiro atoms. The summed E-state index contributed by atoms with van der Waals surface area (Å²) in [5, 5.41) is 14.8. The molecule has 0 unspecified atom stereocenters. The predicted octanol–water partition coefficient (Wildman–Crippen LogP) is 4.70. The van der Waals surface area contributed by atoms with E-state index in [1.165, 1.54) is 4.68 Å². The predicted molar refractivity (Wildman–Crippen MR) is 103 cm³/mol. The van der Waals surface area contributed by atoms with Crippen LogP contribution in [0.2, 0.25) is 0 Å². The van der Waals surface area contributed by atoms with Crippen LogP contribution < -0.4 is 0 Å². The third-order valence-electron chi connectivity index (χ3n) is 4.20. The fourth-order valence-corrected chi connectivity index (χ4v) is 2.92. The van der Waals surface area contributed by atoms with E-state index in [4.69, 9.17) is 0 Å². The SMILES string of the molecule is C=C(c1cc(O)n(-c2ccccn2)n1)c1ccccc1-c1ccccc1. The molecule has 2 aromatic heterocycles. The van der Waals surface area contributed by atoms with Gasteiger partial charge in [0.15, 0.2) is 5.82 Å². The average Bonchev–Trinajstić information content (AvgIpc) is 3.10. The van der Waals surface area contributed by atoms with Crippen LogP contribution in [0.1, 0.15) is 11.3 Å². The first-order valence-electron chi connectivity index (χ1n) is 8.28. The molecule has 0 saturated carbocycles. The third-order valence-corrected chi connectivity index (χ3v) is 4.20. The van der Waals surface area contributed by atoms with Crippen molar-refractivity contribution in [2.75, 3.05) is 0 Å². The van der Waals surface area contributed by atoms with Crippen molar-refractivity contribution in [3.8, 4) is 22.8 Å². The maximum absolute atomic E-state index is 10.3. The second kappa shape index (κ2) is 6.69. The molecule has 1 N–H and O–H groups in total. The van der Waals surface area contributed by atoms with E-state index >= 15 is 0 Å². The lowest BCUT2D eigenvalue weighted by Crippen LogP contribution is -1.99. The first-order valence-corrected chi connectivity index (χ1v) is 8.28. The fraction of sp³-hybridized carbons (Fsp3) is 0. The van der Waals surface area contributed by atoms with Gasteiger partial charge < -0.3 is 5.11 Å². The molecule has 0 aliphatic heterocycles. The first-order chi connectivity index (χ1) is 12.7. The Hall–Kier alpha value is -3.66. The highest BCUT2D eigenvalue weighted by molar-refractivity contribution is 5.86. The molecule has 0 aliphatic carbocycles. The van der Waals surface area contributed by atoms with Crippen LogP contribution in [0, 0.1) is 0 Å². The number of pyridine rings is 1. The van der Waals surface area contributed by atoms with Gasteiger partial charge >= 0.3 is 0 Å². The van der Waals surface area contributed by atoms with E-state index in [-0.39, 0.29) is 5.88 Å². The van der Waals surface area contributed by atoms with Gasteiger partial charge in [0, 0.05) is 17.8 Å². The number of aromatic hydroxyl groups is 1. The molecule has 0 aliphatic rings. The Labute approximate surface area is 151 Å². The van der Waals surface area contributed by atoms with E-state index in [0.717, 1.165) is 22.3 Å². The van der Waals surface area contributed by atoms with Gasteiger partial charge in [0.2, 0.25) is 5.88 Å². The minimum Gasteiger partial charge on any atom is -0.493 e. The molecular weight excluding hydrogens is 322 g/mol. The second-order valence-corrected chi connectivity index (χ2v) is 5.88. The van der Waals surface area contributed by atoms with Gasteiger partial charge in [0.05, 0.1) is 5.69 Å². The van der Waals surface area contributed by atoms with Crippen LogP contribution in [0.3, 0.4) is 0 Å². The first kappa shape index (κ1) is 15.8. The van der Waals surface area contributed by atoms with Crippen molar-refractivity contribution in [2.24, 2.45) is 0 Å². The Kier molecular flexibility index (Phi) is 4.07. The normalized spacial score (nSPS) is 10.6. The summed E-state index contributed by atoms with van der Waals surface area (Å²) in [7, 11) is 0. The van der Waals surface area contributed by atoms with E-state index in [2.05, 4.69) is 34.9 Å². The van der Waals surface area contributed by atoms with Crippen LogP contribution in [0.25, 0.3) is 22.5 Å². The van der Waals surface area contributed by atoms with E-state index in [1.807, 2.05) is 48.5 Å². The average molecular weight is 339 g/mol. The molecule has 2 heterocycles. The van der Waals surface area contributed by atoms with Crippen molar-refractivity contribution in [1.29, 1.82) is 0 Å². The quantitative estimate of drug-likeness (QED) is 0.586. The highest BCUT2D eigenvalue weighted by atomic mass is 16.3. The Balaban J connectivity index is 1.76. The standard InChI is InChI=1S/C22H17N3O/c1-16(18-11-5-6-12-19(18)17-9-3-2-4-10-17)20-15-22(26)25(24-20)21-13-7-8-14-23-21/h2-15,26H,1H2. The Bertz CT molecular complexity index is 1050. The summed E-state index contributed by atoms with van der Waals surface area (Å²) in [5.41, 5.74) is 4.51. The molecule has 26 heavy (non-hydrogen) atoms. The summed E-state index contributed by atoms with van der Waals surface area (Å²) in [4.78, 5) is 4.23. The smallest absolute Gasteiger partial charge is 0.216 e. The van der Waals surface area contributed by atoms with Gasteiger partial charge in [0.25, 0.3) is 0 Å². The number of aromatic nitrogens is 3. The van der Waals surface area contributed by atoms with Crippen LogP contribution in [0.15, 0.2) is 91.6 Å². The van der Waals surface area contributed by atoms with E-state index in [0.29, 0.717) is 11.5 Å². The molecule has 4 aromatic rings. The minimum absolute atomic E-state index is 0.0250. The molecule has 4 heteroatoms. The van der Waals surface area contributed by atoms with Crippen LogP contribution in [-0.2, 0) is 0 Å². The molecule has 2 aromatic carbocycles. The van der Waals surface area contributed by atoms with Gasteiger partial charge in [-0.3, -0.25) is 0 Å². The maximum Gasteiger partial charge on any atom is 0.216 e. The number of rotatable bonds is 4. The van der Waals surface area contributed by atoms with Crippen molar-refractivity contribution in [2.45, 2.75) is 0 Å². The number of benzene rings is 2. The summed E-state index contributed by atoms with van der Waals surface area (Å²) < 4.78 is 1.41. The maximum atomic E-state index is 10.3. The lowest BCUT2D eigenvalue weighted by molar-refractivity contribution is 0.432. The molecule has 0 saturated heterocycles. The molecule has 0 amide bonds. The molecule has 4 nitrogen and oxygen atoms in total. The summed E-state index contributed by atoms with van der Waals surface area (Å²) >= 11 is 0. The van der Waals surface area contributed by atoms with Crippen molar-refractivity contribution in [3.63, 3.8) is 0 Å². The van der Waals surface area contributed by atoms with Gasteiger partial charge in [-0.15, -0.1) is 0 Å². The molecule has 0 radical (unpaired) electrons. The van der Waals surface area contributed by atoms with E-state index in [9.17, 15) is 5.11 Å². The van der Waals surface area contributed by atoms with Crippen LogP contribution in [-0.4, -0.2) is 19.9 Å². The van der Waals surface area contributed by atoms with Crippen LogP contribution >= 0.6 is 0 Å². The van der Waals surface area contributed by atoms with Crippen molar-refractivity contribution in [3.05, 3.63) is 103 Å². The Morgan fingerprint density at radius 1 is 0.885 bits per heavy atom. The molecule has 4 rings (SSSR count). The minimum atomic E-state index is 0.0250. The second-order valence-electron chi connectivity index (χ2n) is 5.88. The van der Waals surface area contributed by atoms with Gasteiger partial charge in [-0.25, -0.2) is 4.98 Å². The fourth-order valence-electron chi connectivity index (χ4n) is 2.92. The third kappa shape index (κ3) is 2.89. The summed E-state index contributed by atoms with van der Waals surface area (Å²) in [6, 6.07) is 25.3. The molecular formula is C22H17N3O. The van der Waals surface area contributed by atoms with E-state index < -0.39 is 0 Å². The summed E-state index contributed by atoms with van der Waals surface area (Å²) in [6.07, 6.45) is 1.66. The number of hydrogen-bond acceptors (Lipinski definition) is 3. The lowest BCUT2D eigenvalue weighted by atomic mass is 9.94. The zero-order valence-electron chi connectivity index (χ0n) is 14.1. The van der Waals surface area contributed by atoms with Gasteiger partial charge in [-0.05, 0) is 28.8 Å². The molecule has 0 atom stereocenters. The van der Waals surface area contributed by atoms with Gasteiger partial charge in [-0.1, -0.05) is 67.2 Å². The zero-order valence-corrected chi connectivity index (χ0v) is 14.1. The van der Waals surface area contributed by atoms with Crippen LogP contribution in [0.5, 0.6) is 5.88 Å². The summed E-state index contributed by atoms with van der Waals surface area (Å²) in [6.45, 7) is 4.22. The Morgan fingerprint density at radius 3 is 2.38 bits per heavy atom. The number of hydrogen-bond donors (Lipinski definition) is 1. The molecule has 0 fully saturated rings. The van der Waals surface area contributed by atoms with Crippen molar-refractivity contribution < 1.29 is 5.11 Å². The van der Waals surface area contributed by atoms with E-state index in [1.54, 1.807) is 18.3 Å². The summed E-state index contributed by atoms with van der Waals surface area (Å²) in [5.74, 6) is 0.581. The highest BCUT2D eigenvalue weighted by Gasteiger charge is 2.15. The molecule has 126 valence electrons. The monoisotopic (exact) mass is 339 g/mol. The zero-order chi connectivity index (χ0) is 17.9. The van der Waals surface area contributed by atoms with Gasteiger partial charge in [0.1, 0.15) is 0 Å². The van der Waals surface area contributed by atoms with Gasteiger partial charge in [-0.2, -0.15) is 9.78 Å².